The summed E-state index contributed by atoms with van der Waals surface area (Å²) in [5.74, 6) is 0. The Morgan fingerprint density at radius 3 is 2.37 bits per heavy atom. The Morgan fingerprint density at radius 2 is 1.70 bits per heavy atom. The van der Waals surface area contributed by atoms with Crippen molar-refractivity contribution in [1.29, 1.82) is 0 Å². The summed E-state index contributed by atoms with van der Waals surface area (Å²) in [5.41, 5.74) is 3.15. The summed E-state index contributed by atoms with van der Waals surface area (Å²) in [6, 6.07) is 21.7. The van der Waals surface area contributed by atoms with E-state index in [9.17, 15) is 4.79 Å². The lowest BCUT2D eigenvalue weighted by Crippen LogP contribution is -2.47. The van der Waals surface area contributed by atoms with Gasteiger partial charge in [-0.05, 0) is 54.3 Å². The molecule has 2 amide bonds. The molecule has 0 spiro atoms. The molecule has 30 heavy (non-hydrogen) atoms. The Morgan fingerprint density at radius 1 is 0.967 bits per heavy atom. The van der Waals surface area contributed by atoms with Gasteiger partial charge < -0.3 is 10.6 Å². The van der Waals surface area contributed by atoms with Crippen LogP contribution in [0.5, 0.6) is 0 Å². The molecular weight excluding hydrogens is 396 g/mol. The number of nitrogens with one attached hydrogen (secondary N) is 2. The van der Waals surface area contributed by atoms with Gasteiger partial charge >= 0.3 is 6.03 Å². The van der Waals surface area contributed by atoms with E-state index in [4.69, 9.17) is 11.6 Å². The molecule has 0 bridgehead atoms. The molecule has 1 fully saturated rings. The van der Waals surface area contributed by atoms with Gasteiger partial charge in [-0.3, -0.25) is 9.88 Å². The van der Waals surface area contributed by atoms with Crippen molar-refractivity contribution < 1.29 is 4.79 Å². The molecule has 1 atom stereocenters. The normalized spacial score (nSPS) is 16.0. The van der Waals surface area contributed by atoms with E-state index in [-0.39, 0.29) is 18.1 Å². The number of hydrogen-bond acceptors (Lipinski definition) is 3. The fraction of sp³-hybridized carbons (Fsp3) is 0.250. The van der Waals surface area contributed by atoms with Gasteiger partial charge in [0.15, 0.2) is 0 Å². The average molecular weight is 421 g/mol. The molecule has 2 N–H and O–H groups in total. The van der Waals surface area contributed by atoms with Crippen molar-refractivity contribution in [2.45, 2.75) is 24.9 Å². The van der Waals surface area contributed by atoms with E-state index in [1.54, 1.807) is 6.20 Å². The first-order valence-corrected chi connectivity index (χ1v) is 10.6. The van der Waals surface area contributed by atoms with E-state index in [1.807, 2.05) is 54.7 Å². The monoisotopic (exact) mass is 420 g/mol. The van der Waals surface area contributed by atoms with E-state index < -0.39 is 0 Å². The maximum absolute atomic E-state index is 12.3. The third-order valence-electron chi connectivity index (χ3n) is 5.45. The lowest BCUT2D eigenvalue weighted by molar-refractivity contribution is 0.164. The number of aromatic nitrogens is 1. The van der Waals surface area contributed by atoms with Crippen molar-refractivity contribution in [2.75, 3.05) is 18.4 Å². The molecule has 0 saturated carbocycles. The number of amides is 2. The zero-order chi connectivity index (χ0) is 20.8. The van der Waals surface area contributed by atoms with Gasteiger partial charge in [0, 0.05) is 42.2 Å². The van der Waals surface area contributed by atoms with Crippen molar-refractivity contribution >= 4 is 23.3 Å². The maximum atomic E-state index is 12.3. The third kappa shape index (κ3) is 5.17. The number of carbonyl (C=O) groups excluding carboxylic acids is 1. The summed E-state index contributed by atoms with van der Waals surface area (Å²) in [4.78, 5) is 19.1. The minimum absolute atomic E-state index is 0.120. The Hall–Kier alpha value is -2.89. The van der Waals surface area contributed by atoms with Gasteiger partial charge in [-0.25, -0.2) is 4.79 Å². The average Bonchev–Trinajstić information content (AvgIpc) is 2.78. The van der Waals surface area contributed by atoms with Crippen LogP contribution in [-0.4, -0.2) is 35.0 Å². The van der Waals surface area contributed by atoms with Gasteiger partial charge in [0.05, 0.1) is 6.04 Å². The molecule has 6 heteroatoms. The van der Waals surface area contributed by atoms with Crippen LogP contribution in [0.3, 0.4) is 0 Å². The number of rotatable bonds is 5. The van der Waals surface area contributed by atoms with E-state index >= 15 is 0 Å². The van der Waals surface area contributed by atoms with Crippen LogP contribution < -0.4 is 10.6 Å². The molecule has 4 rings (SSSR count). The molecule has 1 unspecified atom stereocenters. The number of halogens is 1. The molecule has 2 heterocycles. The van der Waals surface area contributed by atoms with Crippen LogP contribution in [0.25, 0.3) is 0 Å². The molecule has 2 aromatic carbocycles. The largest absolute Gasteiger partial charge is 0.335 e. The summed E-state index contributed by atoms with van der Waals surface area (Å²) in [6.45, 7) is 1.77. The molecule has 1 aliphatic heterocycles. The van der Waals surface area contributed by atoms with Crippen molar-refractivity contribution in [3.8, 4) is 0 Å². The summed E-state index contributed by atoms with van der Waals surface area (Å²) >= 11 is 6.10. The van der Waals surface area contributed by atoms with Crippen LogP contribution in [-0.2, 0) is 0 Å². The maximum Gasteiger partial charge on any atom is 0.319 e. The van der Waals surface area contributed by atoms with E-state index in [0.29, 0.717) is 0 Å². The second-order valence-electron chi connectivity index (χ2n) is 7.52. The summed E-state index contributed by atoms with van der Waals surface area (Å²) in [5, 5.41) is 6.74. The fourth-order valence-corrected chi connectivity index (χ4v) is 4.10. The number of pyridine rings is 1. The zero-order valence-corrected chi connectivity index (χ0v) is 17.4. The molecule has 0 radical (unpaired) electrons. The number of para-hydroxylation sites is 1. The second-order valence-corrected chi connectivity index (χ2v) is 7.95. The van der Waals surface area contributed by atoms with Gasteiger partial charge in [0.25, 0.3) is 0 Å². The predicted molar refractivity (Wildman–Crippen MR) is 121 cm³/mol. The number of anilines is 1. The van der Waals surface area contributed by atoms with Crippen molar-refractivity contribution in [3.63, 3.8) is 0 Å². The molecule has 3 aromatic rings. The number of nitrogens with zero attached hydrogens (tertiary/aromatic N) is 2. The van der Waals surface area contributed by atoms with Gasteiger partial charge in [0.1, 0.15) is 0 Å². The van der Waals surface area contributed by atoms with E-state index in [0.717, 1.165) is 42.2 Å². The summed E-state index contributed by atoms with van der Waals surface area (Å²) < 4.78 is 0. The second kappa shape index (κ2) is 9.74. The number of urea groups is 1. The smallest absolute Gasteiger partial charge is 0.319 e. The number of carbonyl (C=O) groups is 1. The van der Waals surface area contributed by atoms with Gasteiger partial charge in [-0.2, -0.15) is 0 Å². The first kappa shape index (κ1) is 20.4. The Bertz CT molecular complexity index is 942. The lowest BCUT2D eigenvalue weighted by atomic mass is 9.95. The highest BCUT2D eigenvalue weighted by Crippen LogP contribution is 2.31. The number of piperidine rings is 1. The van der Waals surface area contributed by atoms with Crippen LogP contribution in [0.4, 0.5) is 10.5 Å². The Labute approximate surface area is 182 Å². The summed E-state index contributed by atoms with van der Waals surface area (Å²) in [7, 11) is 0. The fourth-order valence-electron chi connectivity index (χ4n) is 3.97. The number of likely N-dealkylation sites (tertiary alicyclic amines) is 1. The highest BCUT2D eigenvalue weighted by Gasteiger charge is 2.28. The van der Waals surface area contributed by atoms with E-state index in [2.05, 4.69) is 38.7 Å². The lowest BCUT2D eigenvalue weighted by Gasteiger charge is -2.38. The van der Waals surface area contributed by atoms with Crippen molar-refractivity contribution in [1.82, 2.24) is 15.2 Å². The standard InChI is InChI=1S/C24H25ClN4O/c25-20-10-8-18(9-11-20)23(19-5-4-14-26-17-19)29-15-12-22(13-16-29)28-24(30)27-21-6-2-1-3-7-21/h1-11,14,17,22-23H,12-13,15-16H2,(H2,27,28,30). The van der Waals surface area contributed by atoms with E-state index in [1.165, 1.54) is 5.56 Å². The van der Waals surface area contributed by atoms with Crippen molar-refractivity contribution in [3.05, 3.63) is 95.3 Å². The molecule has 1 aromatic heterocycles. The molecule has 1 aliphatic rings. The topological polar surface area (TPSA) is 57.3 Å². The first-order chi connectivity index (χ1) is 14.7. The predicted octanol–water partition coefficient (Wildman–Crippen LogP) is 5.11. The summed E-state index contributed by atoms with van der Waals surface area (Å²) in [6.07, 6.45) is 5.51. The molecular formula is C24H25ClN4O. The quantitative estimate of drug-likeness (QED) is 0.603. The molecule has 154 valence electrons. The molecule has 0 aliphatic carbocycles. The van der Waals surface area contributed by atoms with Gasteiger partial charge in [-0.15, -0.1) is 0 Å². The van der Waals surface area contributed by atoms with Gasteiger partial charge in [-0.1, -0.05) is 48.0 Å². The van der Waals surface area contributed by atoms with Crippen LogP contribution in [0.15, 0.2) is 79.1 Å². The highest BCUT2D eigenvalue weighted by atomic mass is 35.5. The van der Waals surface area contributed by atoms with Crippen LogP contribution >= 0.6 is 11.6 Å². The van der Waals surface area contributed by atoms with Crippen LogP contribution in [0.2, 0.25) is 5.02 Å². The Balaban J connectivity index is 1.40. The first-order valence-electron chi connectivity index (χ1n) is 10.2. The third-order valence-corrected chi connectivity index (χ3v) is 5.70. The molecule has 1 saturated heterocycles. The minimum atomic E-state index is -0.152. The van der Waals surface area contributed by atoms with Gasteiger partial charge in [0.2, 0.25) is 0 Å². The number of benzene rings is 2. The zero-order valence-electron chi connectivity index (χ0n) is 16.7. The highest BCUT2D eigenvalue weighted by molar-refractivity contribution is 6.30. The minimum Gasteiger partial charge on any atom is -0.335 e. The van der Waals surface area contributed by atoms with Crippen LogP contribution in [0, 0.1) is 0 Å². The molecule has 5 nitrogen and oxygen atoms in total. The van der Waals surface area contributed by atoms with Crippen LogP contribution in [0.1, 0.15) is 30.0 Å². The van der Waals surface area contributed by atoms with Crippen molar-refractivity contribution in [2.24, 2.45) is 0 Å². The number of hydrogen-bond donors (Lipinski definition) is 2. The SMILES string of the molecule is O=C(Nc1ccccc1)NC1CCN(C(c2ccc(Cl)cc2)c2cccnc2)CC1. The Kier molecular flexibility index (Phi) is 6.62.